The number of nitrogens with two attached hydrogens (primary N) is 1. The van der Waals surface area contributed by atoms with Crippen molar-refractivity contribution in [3.05, 3.63) is 29.8 Å². The zero-order valence-electron chi connectivity index (χ0n) is 11.1. The quantitative estimate of drug-likeness (QED) is 0.729. The molecule has 0 radical (unpaired) electrons. The Kier molecular flexibility index (Phi) is 5.82. The van der Waals surface area contributed by atoms with Gasteiger partial charge in [0.25, 0.3) is 0 Å². The van der Waals surface area contributed by atoms with Crippen molar-refractivity contribution in [1.82, 2.24) is 5.32 Å². The highest BCUT2D eigenvalue weighted by molar-refractivity contribution is 5.89. The van der Waals surface area contributed by atoms with Gasteiger partial charge in [-0.2, -0.15) is 13.2 Å². The van der Waals surface area contributed by atoms with Crippen LogP contribution in [0.15, 0.2) is 24.3 Å². The molecule has 0 aromatic heterocycles. The smallest absolute Gasteiger partial charge is 0.338 e. The van der Waals surface area contributed by atoms with Gasteiger partial charge in [-0.3, -0.25) is 0 Å². The normalized spacial score (nSPS) is 12.8. The van der Waals surface area contributed by atoms with Gasteiger partial charge in [-0.25, -0.2) is 4.79 Å². The predicted molar refractivity (Wildman–Crippen MR) is 71.3 cm³/mol. The minimum atomic E-state index is -4.43. The second-order valence-corrected chi connectivity index (χ2v) is 4.58. The monoisotopic (exact) mass is 289 g/mol. The molecule has 2 amide bonds. The minimum absolute atomic E-state index is 0.0586. The summed E-state index contributed by atoms with van der Waals surface area (Å²) in [4.78, 5) is 11.5. The number of halogens is 3. The molecule has 0 fully saturated rings. The Morgan fingerprint density at radius 2 is 2.10 bits per heavy atom. The summed E-state index contributed by atoms with van der Waals surface area (Å²) in [6.07, 6.45) is -2.94. The van der Waals surface area contributed by atoms with Crippen LogP contribution in [0.3, 0.4) is 0 Å². The first-order chi connectivity index (χ1) is 9.29. The number of amides is 2. The number of hydrogen-bond donors (Lipinski definition) is 3. The fourth-order valence-corrected chi connectivity index (χ4v) is 1.57. The molecule has 0 aliphatic heterocycles. The Morgan fingerprint density at radius 3 is 2.70 bits per heavy atom. The van der Waals surface area contributed by atoms with E-state index in [2.05, 4.69) is 10.6 Å². The van der Waals surface area contributed by atoms with Crippen LogP contribution in [-0.2, 0) is 6.18 Å². The number of benzene rings is 1. The van der Waals surface area contributed by atoms with E-state index in [9.17, 15) is 18.0 Å². The first-order valence-corrected chi connectivity index (χ1v) is 6.26. The maximum Gasteiger partial charge on any atom is 0.416 e. The number of urea groups is 1. The summed E-state index contributed by atoms with van der Waals surface area (Å²) in [5.41, 5.74) is 4.86. The molecule has 1 atom stereocenters. The summed E-state index contributed by atoms with van der Waals surface area (Å²) in [6, 6.07) is 4.01. The molecule has 0 saturated carbocycles. The van der Waals surface area contributed by atoms with Crippen LogP contribution in [0.2, 0.25) is 0 Å². The molecule has 4 N–H and O–H groups in total. The Morgan fingerprint density at radius 1 is 1.40 bits per heavy atom. The lowest BCUT2D eigenvalue weighted by Gasteiger charge is -2.11. The van der Waals surface area contributed by atoms with Gasteiger partial charge in [-0.05, 0) is 38.0 Å². The van der Waals surface area contributed by atoms with E-state index in [-0.39, 0.29) is 11.7 Å². The van der Waals surface area contributed by atoms with Crippen molar-refractivity contribution >= 4 is 11.7 Å². The fourth-order valence-electron chi connectivity index (χ4n) is 1.57. The minimum Gasteiger partial charge on any atom is -0.338 e. The van der Waals surface area contributed by atoms with Gasteiger partial charge in [-0.1, -0.05) is 6.07 Å². The van der Waals surface area contributed by atoms with Crippen LogP contribution in [0.4, 0.5) is 23.7 Å². The SMILES string of the molecule is CC(N)CCCNC(=O)Nc1cccc(C(F)(F)F)c1. The number of rotatable bonds is 5. The Labute approximate surface area is 115 Å². The Hall–Kier alpha value is -1.76. The van der Waals surface area contributed by atoms with Gasteiger partial charge in [0.15, 0.2) is 0 Å². The van der Waals surface area contributed by atoms with Crippen LogP contribution in [0.1, 0.15) is 25.3 Å². The standard InChI is InChI=1S/C13H18F3N3O/c1-9(17)4-3-7-18-12(20)19-11-6-2-5-10(8-11)13(14,15)16/h2,5-6,8-9H,3-4,7,17H2,1H3,(H2,18,19,20). The number of anilines is 1. The van der Waals surface area contributed by atoms with Crippen molar-refractivity contribution in [2.24, 2.45) is 5.73 Å². The molecular weight excluding hydrogens is 271 g/mol. The lowest BCUT2D eigenvalue weighted by Crippen LogP contribution is -2.30. The summed E-state index contributed by atoms with van der Waals surface area (Å²) >= 11 is 0. The summed E-state index contributed by atoms with van der Waals surface area (Å²) in [5, 5.41) is 4.92. The Balaban J connectivity index is 2.46. The third-order valence-corrected chi connectivity index (χ3v) is 2.57. The number of alkyl halides is 3. The molecule has 1 aromatic carbocycles. The van der Waals surface area contributed by atoms with E-state index in [1.807, 2.05) is 6.92 Å². The topological polar surface area (TPSA) is 67.1 Å². The second kappa shape index (κ2) is 7.14. The maximum absolute atomic E-state index is 12.5. The Bertz CT molecular complexity index is 447. The van der Waals surface area contributed by atoms with E-state index in [1.54, 1.807) is 0 Å². The first kappa shape index (κ1) is 16.3. The fraction of sp³-hybridized carbons (Fsp3) is 0.462. The molecule has 0 spiro atoms. The lowest BCUT2D eigenvalue weighted by atomic mass is 10.2. The van der Waals surface area contributed by atoms with Crippen molar-refractivity contribution in [3.63, 3.8) is 0 Å². The van der Waals surface area contributed by atoms with Crippen molar-refractivity contribution in [2.75, 3.05) is 11.9 Å². The lowest BCUT2D eigenvalue weighted by molar-refractivity contribution is -0.137. The molecule has 1 aromatic rings. The molecular formula is C13H18F3N3O. The van der Waals surface area contributed by atoms with E-state index in [0.29, 0.717) is 13.0 Å². The van der Waals surface area contributed by atoms with Crippen molar-refractivity contribution in [3.8, 4) is 0 Å². The largest absolute Gasteiger partial charge is 0.416 e. The summed E-state index contributed by atoms with van der Waals surface area (Å²) in [7, 11) is 0. The van der Waals surface area contributed by atoms with Crippen molar-refractivity contribution in [1.29, 1.82) is 0 Å². The van der Waals surface area contributed by atoms with Crippen LogP contribution in [0.5, 0.6) is 0 Å². The van der Waals surface area contributed by atoms with Crippen LogP contribution >= 0.6 is 0 Å². The van der Waals surface area contributed by atoms with Crippen LogP contribution in [-0.4, -0.2) is 18.6 Å². The molecule has 7 heteroatoms. The molecule has 0 aliphatic carbocycles. The third-order valence-electron chi connectivity index (χ3n) is 2.57. The van der Waals surface area contributed by atoms with Crippen LogP contribution < -0.4 is 16.4 Å². The second-order valence-electron chi connectivity index (χ2n) is 4.58. The van der Waals surface area contributed by atoms with Gasteiger partial charge in [0.05, 0.1) is 5.56 Å². The number of nitrogens with one attached hydrogen (secondary N) is 2. The zero-order valence-corrected chi connectivity index (χ0v) is 11.1. The highest BCUT2D eigenvalue weighted by atomic mass is 19.4. The molecule has 0 aliphatic rings. The zero-order chi connectivity index (χ0) is 15.2. The maximum atomic E-state index is 12.5. The average molecular weight is 289 g/mol. The van der Waals surface area contributed by atoms with Gasteiger partial charge in [0, 0.05) is 18.3 Å². The molecule has 0 heterocycles. The predicted octanol–water partition coefficient (Wildman–Crippen LogP) is 2.95. The molecule has 0 saturated heterocycles. The molecule has 1 unspecified atom stereocenters. The van der Waals surface area contributed by atoms with E-state index >= 15 is 0 Å². The van der Waals surface area contributed by atoms with Gasteiger partial charge in [-0.15, -0.1) is 0 Å². The number of carbonyl (C=O) groups is 1. The van der Waals surface area contributed by atoms with Gasteiger partial charge in [0.2, 0.25) is 0 Å². The van der Waals surface area contributed by atoms with Gasteiger partial charge >= 0.3 is 12.2 Å². The van der Waals surface area contributed by atoms with E-state index in [4.69, 9.17) is 5.73 Å². The summed E-state index contributed by atoms with van der Waals surface area (Å²) < 4.78 is 37.5. The average Bonchev–Trinajstić information content (AvgIpc) is 2.34. The van der Waals surface area contributed by atoms with E-state index < -0.39 is 17.8 Å². The first-order valence-electron chi connectivity index (χ1n) is 6.26. The van der Waals surface area contributed by atoms with Crippen LogP contribution in [0, 0.1) is 0 Å². The molecule has 20 heavy (non-hydrogen) atoms. The highest BCUT2D eigenvalue weighted by Gasteiger charge is 2.30. The van der Waals surface area contributed by atoms with Gasteiger partial charge in [0.1, 0.15) is 0 Å². The third kappa shape index (κ3) is 5.92. The summed E-state index contributed by atoms with van der Waals surface area (Å²) in [5.74, 6) is 0. The van der Waals surface area contributed by atoms with Gasteiger partial charge < -0.3 is 16.4 Å². The highest BCUT2D eigenvalue weighted by Crippen LogP contribution is 2.30. The van der Waals surface area contributed by atoms with Crippen molar-refractivity contribution in [2.45, 2.75) is 32.0 Å². The van der Waals surface area contributed by atoms with E-state index in [1.165, 1.54) is 12.1 Å². The molecule has 0 bridgehead atoms. The van der Waals surface area contributed by atoms with Crippen LogP contribution in [0.25, 0.3) is 0 Å². The summed E-state index contributed by atoms with van der Waals surface area (Å²) in [6.45, 7) is 2.29. The van der Waals surface area contributed by atoms with E-state index in [0.717, 1.165) is 18.6 Å². The molecule has 112 valence electrons. The number of hydrogen-bond acceptors (Lipinski definition) is 2. The number of carbonyl (C=O) groups excluding carboxylic acids is 1. The molecule has 1 rings (SSSR count). The van der Waals surface area contributed by atoms with Crippen molar-refractivity contribution < 1.29 is 18.0 Å². The molecule has 4 nitrogen and oxygen atoms in total.